The summed E-state index contributed by atoms with van der Waals surface area (Å²) in [4.78, 5) is 29.9. The molecule has 2 aliphatic rings. The summed E-state index contributed by atoms with van der Waals surface area (Å²) in [5, 5.41) is 15.8. The van der Waals surface area contributed by atoms with Crippen molar-refractivity contribution in [3.63, 3.8) is 0 Å². The molecule has 0 aromatic carbocycles. The number of likely N-dealkylation sites (tertiary alicyclic amines) is 1. The first-order valence-corrected chi connectivity index (χ1v) is 11.0. The molecule has 3 amide bonds. The average Bonchev–Trinajstić information content (AvgIpc) is 2.66. The minimum absolute atomic E-state index is 0.0343. The molecule has 1 atom stereocenters. The van der Waals surface area contributed by atoms with E-state index in [0.29, 0.717) is 45.6 Å². The van der Waals surface area contributed by atoms with Gasteiger partial charge in [-0.2, -0.15) is 5.26 Å². The SMILES string of the molecule is CC(C)(C)CC(NC(=O)N1CCOCC1)C(=O)NC1(C#N)CCN(C(C)(C)C)CC1. The summed E-state index contributed by atoms with van der Waals surface area (Å²) < 4.78 is 5.30. The van der Waals surface area contributed by atoms with Gasteiger partial charge < -0.3 is 20.3 Å². The fourth-order valence-electron chi connectivity index (χ4n) is 3.98. The Morgan fingerprint density at radius 2 is 1.63 bits per heavy atom. The van der Waals surface area contributed by atoms with Crippen LogP contribution in [-0.4, -0.2) is 78.3 Å². The van der Waals surface area contributed by atoms with Crippen molar-refractivity contribution in [2.45, 2.75) is 77.9 Å². The number of carbonyl (C=O) groups is 2. The van der Waals surface area contributed by atoms with Crippen molar-refractivity contribution in [1.29, 1.82) is 5.26 Å². The van der Waals surface area contributed by atoms with E-state index >= 15 is 0 Å². The van der Waals surface area contributed by atoms with Crippen LogP contribution >= 0.6 is 0 Å². The number of ether oxygens (including phenoxy) is 1. The van der Waals surface area contributed by atoms with Crippen LogP contribution in [0.1, 0.15) is 60.8 Å². The summed E-state index contributed by atoms with van der Waals surface area (Å²) in [5.41, 5.74) is -1.01. The van der Waals surface area contributed by atoms with Gasteiger partial charge in [-0.1, -0.05) is 20.8 Å². The van der Waals surface area contributed by atoms with E-state index in [-0.39, 0.29) is 22.9 Å². The van der Waals surface area contributed by atoms with E-state index in [0.717, 1.165) is 13.1 Å². The highest BCUT2D eigenvalue weighted by molar-refractivity contribution is 5.88. The van der Waals surface area contributed by atoms with E-state index in [2.05, 4.69) is 42.4 Å². The van der Waals surface area contributed by atoms with Gasteiger partial charge in [0.1, 0.15) is 11.6 Å². The van der Waals surface area contributed by atoms with Crippen LogP contribution in [-0.2, 0) is 9.53 Å². The van der Waals surface area contributed by atoms with E-state index in [1.807, 2.05) is 20.8 Å². The molecule has 0 saturated carbocycles. The van der Waals surface area contributed by atoms with Crippen molar-refractivity contribution in [2.24, 2.45) is 5.41 Å². The number of hydrogen-bond donors (Lipinski definition) is 2. The highest BCUT2D eigenvalue weighted by atomic mass is 16.5. The predicted octanol–water partition coefficient (Wildman–Crippen LogP) is 2.11. The van der Waals surface area contributed by atoms with E-state index in [4.69, 9.17) is 4.74 Å². The molecule has 170 valence electrons. The van der Waals surface area contributed by atoms with Gasteiger partial charge in [0.25, 0.3) is 0 Å². The average molecular weight is 422 g/mol. The zero-order valence-electron chi connectivity index (χ0n) is 19.5. The second-order valence-electron chi connectivity index (χ2n) is 10.7. The Kier molecular flexibility index (Phi) is 7.75. The Hall–Kier alpha value is -1.85. The third kappa shape index (κ3) is 6.85. The molecule has 2 fully saturated rings. The monoisotopic (exact) mass is 421 g/mol. The van der Waals surface area contributed by atoms with Gasteiger partial charge >= 0.3 is 6.03 Å². The molecule has 2 aliphatic heterocycles. The molecule has 30 heavy (non-hydrogen) atoms. The summed E-state index contributed by atoms with van der Waals surface area (Å²) in [6.45, 7) is 16.1. The zero-order chi connectivity index (χ0) is 22.6. The third-order valence-corrected chi connectivity index (χ3v) is 5.87. The first-order chi connectivity index (χ1) is 13.9. The van der Waals surface area contributed by atoms with Crippen molar-refractivity contribution >= 4 is 11.9 Å². The van der Waals surface area contributed by atoms with Crippen molar-refractivity contribution in [3.05, 3.63) is 0 Å². The van der Waals surface area contributed by atoms with Gasteiger partial charge in [-0.05, 0) is 45.4 Å². The van der Waals surface area contributed by atoms with Crippen LogP contribution in [0.4, 0.5) is 4.79 Å². The molecule has 2 N–H and O–H groups in total. The maximum atomic E-state index is 13.2. The summed E-state index contributed by atoms with van der Waals surface area (Å²) in [6, 6.07) is 1.41. The topological polar surface area (TPSA) is 97.7 Å². The molecule has 0 radical (unpaired) electrons. The van der Waals surface area contributed by atoms with Gasteiger partial charge in [-0.25, -0.2) is 4.79 Å². The van der Waals surface area contributed by atoms with Crippen LogP contribution in [0, 0.1) is 16.7 Å². The first-order valence-electron chi connectivity index (χ1n) is 11.0. The Bertz CT molecular complexity index is 645. The first kappa shape index (κ1) is 24.4. The minimum Gasteiger partial charge on any atom is -0.378 e. The largest absolute Gasteiger partial charge is 0.378 e. The lowest BCUT2D eigenvalue weighted by Crippen LogP contribution is -2.61. The van der Waals surface area contributed by atoms with Crippen LogP contribution < -0.4 is 10.6 Å². The minimum atomic E-state index is -0.890. The highest BCUT2D eigenvalue weighted by Gasteiger charge is 2.40. The van der Waals surface area contributed by atoms with Gasteiger partial charge in [-0.3, -0.25) is 9.69 Å². The summed E-state index contributed by atoms with van der Waals surface area (Å²) in [6.07, 6.45) is 1.64. The Labute approximate surface area is 181 Å². The van der Waals surface area contributed by atoms with Crippen molar-refractivity contribution in [2.75, 3.05) is 39.4 Å². The lowest BCUT2D eigenvalue weighted by molar-refractivity contribution is -0.125. The fraction of sp³-hybridized carbons (Fsp3) is 0.864. The van der Waals surface area contributed by atoms with Crippen LogP contribution in [0.3, 0.4) is 0 Å². The second kappa shape index (κ2) is 9.52. The van der Waals surface area contributed by atoms with E-state index in [9.17, 15) is 14.9 Å². The number of nitriles is 1. The molecule has 0 spiro atoms. The lowest BCUT2D eigenvalue weighted by Gasteiger charge is -2.44. The van der Waals surface area contributed by atoms with Gasteiger partial charge in [0.15, 0.2) is 0 Å². The number of hydrogen-bond acceptors (Lipinski definition) is 5. The fourth-order valence-corrected chi connectivity index (χ4v) is 3.98. The number of nitrogens with one attached hydrogen (secondary N) is 2. The van der Waals surface area contributed by atoms with E-state index in [1.54, 1.807) is 4.90 Å². The number of morpholine rings is 1. The number of amides is 3. The molecule has 1 unspecified atom stereocenters. The molecule has 2 rings (SSSR count). The van der Waals surface area contributed by atoms with E-state index in [1.165, 1.54) is 0 Å². The Morgan fingerprint density at radius 1 is 1.07 bits per heavy atom. The Balaban J connectivity index is 2.07. The lowest BCUT2D eigenvalue weighted by atomic mass is 9.84. The smallest absolute Gasteiger partial charge is 0.318 e. The molecular formula is C22H39N5O3. The van der Waals surface area contributed by atoms with Crippen molar-refractivity contribution < 1.29 is 14.3 Å². The number of piperidine rings is 1. The molecule has 2 heterocycles. The maximum absolute atomic E-state index is 13.2. The quantitative estimate of drug-likeness (QED) is 0.724. The molecule has 8 heteroatoms. The standard InChI is InChI=1S/C22H39N5O3/c1-20(2,3)15-17(24-19(29)26-11-13-30-14-12-26)18(28)25-22(16-23)7-9-27(10-8-22)21(4,5)6/h17H,7-15H2,1-6H3,(H,24,29)(H,25,28). The third-order valence-electron chi connectivity index (χ3n) is 5.87. The van der Waals surface area contributed by atoms with Crippen LogP contribution in [0.15, 0.2) is 0 Å². The zero-order valence-corrected chi connectivity index (χ0v) is 19.5. The number of rotatable bonds is 4. The summed E-state index contributed by atoms with van der Waals surface area (Å²) in [7, 11) is 0. The molecule has 0 aromatic heterocycles. The van der Waals surface area contributed by atoms with Crippen LogP contribution in [0.2, 0.25) is 0 Å². The molecule has 2 saturated heterocycles. The molecule has 8 nitrogen and oxygen atoms in total. The van der Waals surface area contributed by atoms with Crippen molar-refractivity contribution in [3.8, 4) is 6.07 Å². The van der Waals surface area contributed by atoms with Gasteiger partial charge in [0.2, 0.25) is 5.91 Å². The van der Waals surface area contributed by atoms with Crippen molar-refractivity contribution in [1.82, 2.24) is 20.4 Å². The van der Waals surface area contributed by atoms with Gasteiger partial charge in [0.05, 0.1) is 19.3 Å². The number of nitrogens with zero attached hydrogens (tertiary/aromatic N) is 3. The number of urea groups is 1. The summed E-state index contributed by atoms with van der Waals surface area (Å²) in [5.74, 6) is -0.280. The molecule has 0 aromatic rings. The molecular weight excluding hydrogens is 382 g/mol. The molecule has 0 aliphatic carbocycles. The van der Waals surface area contributed by atoms with E-state index < -0.39 is 11.6 Å². The van der Waals surface area contributed by atoms with Crippen LogP contribution in [0.25, 0.3) is 0 Å². The van der Waals surface area contributed by atoms with Gasteiger partial charge in [0, 0.05) is 31.7 Å². The van der Waals surface area contributed by atoms with Crippen LogP contribution in [0.5, 0.6) is 0 Å². The normalized spacial score (nSPS) is 21.4. The maximum Gasteiger partial charge on any atom is 0.318 e. The molecule has 0 bridgehead atoms. The summed E-state index contributed by atoms with van der Waals surface area (Å²) >= 11 is 0. The van der Waals surface area contributed by atoms with Gasteiger partial charge in [-0.15, -0.1) is 0 Å². The Morgan fingerprint density at radius 3 is 2.10 bits per heavy atom. The highest BCUT2D eigenvalue weighted by Crippen LogP contribution is 2.28. The number of carbonyl (C=O) groups excluding carboxylic acids is 2. The predicted molar refractivity (Wildman–Crippen MR) is 116 cm³/mol. The second-order valence-corrected chi connectivity index (χ2v) is 10.7.